The Bertz CT molecular complexity index is 634. The maximum absolute atomic E-state index is 10.5. The van der Waals surface area contributed by atoms with E-state index in [2.05, 4.69) is 34.1 Å². The van der Waals surface area contributed by atoms with Crippen LogP contribution in [0.4, 0.5) is 0 Å². The zero-order valence-electron chi connectivity index (χ0n) is 17.9. The first-order valence-corrected chi connectivity index (χ1v) is 11.7. The molecule has 1 aliphatic carbocycles. The van der Waals surface area contributed by atoms with Crippen LogP contribution in [0.3, 0.4) is 0 Å². The minimum Gasteiger partial charge on any atom is -0.493 e. The quantitative estimate of drug-likeness (QED) is 0.676. The Morgan fingerprint density at radius 2 is 1.86 bits per heavy atom. The van der Waals surface area contributed by atoms with E-state index in [1.165, 1.54) is 37.7 Å². The van der Waals surface area contributed by atoms with Gasteiger partial charge in [-0.1, -0.05) is 24.6 Å². The van der Waals surface area contributed by atoms with E-state index in [-0.39, 0.29) is 11.5 Å². The third kappa shape index (κ3) is 5.52. The maximum atomic E-state index is 10.5. The summed E-state index contributed by atoms with van der Waals surface area (Å²) >= 11 is 0. The predicted octanol–water partition coefficient (Wildman–Crippen LogP) is 3.30. The van der Waals surface area contributed by atoms with Crippen molar-refractivity contribution >= 4 is 0 Å². The van der Waals surface area contributed by atoms with Crippen molar-refractivity contribution in [2.24, 2.45) is 5.41 Å². The molecule has 1 spiro atoms. The number of hydrogen-bond donors (Lipinski definition) is 1. The van der Waals surface area contributed by atoms with E-state index >= 15 is 0 Å². The molecule has 0 radical (unpaired) electrons. The van der Waals surface area contributed by atoms with Gasteiger partial charge in [0.2, 0.25) is 0 Å². The second kappa shape index (κ2) is 10.3. The molecule has 2 atom stereocenters. The number of aliphatic hydroxyl groups is 1. The van der Waals surface area contributed by atoms with E-state index in [0.29, 0.717) is 0 Å². The first-order valence-electron chi connectivity index (χ1n) is 11.7. The fourth-order valence-electron chi connectivity index (χ4n) is 5.45. The number of unbranched alkanes of at least 4 members (excludes halogenated alkanes) is 1. The van der Waals surface area contributed by atoms with E-state index in [9.17, 15) is 5.11 Å². The Morgan fingerprint density at radius 1 is 1.03 bits per heavy atom. The van der Waals surface area contributed by atoms with Crippen LogP contribution in [0.1, 0.15) is 50.5 Å². The highest BCUT2D eigenvalue weighted by molar-refractivity contribution is 5.33. The third-order valence-corrected chi connectivity index (χ3v) is 7.14. The first kappa shape index (κ1) is 21.1. The molecule has 0 bridgehead atoms. The Hall–Kier alpha value is -1.14. The molecular weight excluding hydrogens is 364 g/mol. The standard InChI is InChI=1S/C24H38N2O3/c27-23-9-5-10-24(23)11-6-13-26(20-24)19-21-7-1-2-8-22(21)29-16-4-3-12-25-14-17-28-18-15-25/h1-2,7-8,23,27H,3-6,9-20H2/t23-,24-/m1/s1. The van der Waals surface area contributed by atoms with E-state index in [1.807, 2.05) is 0 Å². The van der Waals surface area contributed by atoms with Gasteiger partial charge in [-0.2, -0.15) is 0 Å². The molecule has 2 aliphatic heterocycles. The molecule has 0 aromatic heterocycles. The van der Waals surface area contributed by atoms with Gasteiger partial charge in [0.15, 0.2) is 0 Å². The number of morpholine rings is 1. The van der Waals surface area contributed by atoms with Gasteiger partial charge >= 0.3 is 0 Å². The molecule has 5 nitrogen and oxygen atoms in total. The van der Waals surface area contributed by atoms with Gasteiger partial charge < -0.3 is 14.6 Å². The second-order valence-electron chi connectivity index (χ2n) is 9.20. The largest absolute Gasteiger partial charge is 0.493 e. The van der Waals surface area contributed by atoms with Gasteiger partial charge in [0, 0.05) is 37.2 Å². The van der Waals surface area contributed by atoms with Gasteiger partial charge in [0.25, 0.3) is 0 Å². The van der Waals surface area contributed by atoms with Crippen molar-refractivity contribution in [1.29, 1.82) is 0 Å². The van der Waals surface area contributed by atoms with E-state index < -0.39 is 0 Å². The van der Waals surface area contributed by atoms with Crippen LogP contribution >= 0.6 is 0 Å². The first-order chi connectivity index (χ1) is 14.3. The summed E-state index contributed by atoms with van der Waals surface area (Å²) in [5, 5.41) is 10.5. The number of nitrogens with zero attached hydrogens (tertiary/aromatic N) is 2. The van der Waals surface area contributed by atoms with Crippen LogP contribution in [0, 0.1) is 5.41 Å². The van der Waals surface area contributed by atoms with E-state index in [4.69, 9.17) is 9.47 Å². The number of ether oxygens (including phenoxy) is 2. The van der Waals surface area contributed by atoms with Crippen molar-refractivity contribution in [2.45, 2.75) is 57.6 Å². The van der Waals surface area contributed by atoms with Crippen molar-refractivity contribution in [3.8, 4) is 5.75 Å². The van der Waals surface area contributed by atoms with Crippen molar-refractivity contribution < 1.29 is 14.6 Å². The molecule has 162 valence electrons. The van der Waals surface area contributed by atoms with Crippen LogP contribution in [0.2, 0.25) is 0 Å². The van der Waals surface area contributed by atoms with Crippen molar-refractivity contribution in [3.63, 3.8) is 0 Å². The Balaban J connectivity index is 1.24. The lowest BCUT2D eigenvalue weighted by Gasteiger charge is -2.42. The Labute approximate surface area is 176 Å². The number of para-hydroxylation sites is 1. The molecule has 29 heavy (non-hydrogen) atoms. The summed E-state index contributed by atoms with van der Waals surface area (Å²) in [5.74, 6) is 1.03. The minimum atomic E-state index is -0.108. The molecule has 3 aliphatic rings. The number of rotatable bonds is 8. The van der Waals surface area contributed by atoms with Crippen molar-refractivity contribution in [3.05, 3.63) is 29.8 Å². The van der Waals surface area contributed by atoms with Gasteiger partial charge in [0.1, 0.15) is 5.75 Å². The number of aliphatic hydroxyl groups excluding tert-OH is 1. The number of piperidine rings is 1. The molecule has 1 saturated carbocycles. The molecule has 4 rings (SSSR count). The molecule has 3 fully saturated rings. The monoisotopic (exact) mass is 402 g/mol. The van der Waals surface area contributed by atoms with E-state index in [0.717, 1.165) is 77.7 Å². The lowest BCUT2D eigenvalue weighted by molar-refractivity contribution is -0.0122. The molecule has 1 aromatic rings. The normalized spacial score (nSPS) is 28.8. The lowest BCUT2D eigenvalue weighted by atomic mass is 9.76. The van der Waals surface area contributed by atoms with Crippen LogP contribution in [0.25, 0.3) is 0 Å². The zero-order valence-corrected chi connectivity index (χ0v) is 17.9. The molecule has 1 N–H and O–H groups in total. The Morgan fingerprint density at radius 3 is 2.69 bits per heavy atom. The lowest BCUT2D eigenvalue weighted by Crippen LogP contribution is -2.46. The van der Waals surface area contributed by atoms with Crippen LogP contribution < -0.4 is 4.74 Å². The van der Waals surface area contributed by atoms with Crippen LogP contribution in [0.15, 0.2) is 24.3 Å². The summed E-state index contributed by atoms with van der Waals surface area (Å²) in [4.78, 5) is 5.03. The molecule has 0 amide bonds. The van der Waals surface area contributed by atoms with Crippen LogP contribution in [-0.2, 0) is 11.3 Å². The highest BCUT2D eigenvalue weighted by Crippen LogP contribution is 2.45. The number of hydrogen-bond acceptors (Lipinski definition) is 5. The number of benzene rings is 1. The SMILES string of the molecule is O[C@@H]1CCC[C@]12CCCN(Cc1ccccc1OCCCCN1CCOCC1)C2. The average molecular weight is 403 g/mol. The highest BCUT2D eigenvalue weighted by Gasteiger charge is 2.44. The Kier molecular flexibility index (Phi) is 7.46. The molecular formula is C24H38N2O3. The fraction of sp³-hybridized carbons (Fsp3) is 0.750. The molecule has 5 heteroatoms. The average Bonchev–Trinajstić information content (AvgIpc) is 3.09. The molecule has 2 heterocycles. The van der Waals surface area contributed by atoms with Crippen LogP contribution in [0.5, 0.6) is 5.75 Å². The fourth-order valence-corrected chi connectivity index (χ4v) is 5.45. The molecule has 0 unspecified atom stereocenters. The van der Waals surface area contributed by atoms with Gasteiger partial charge in [-0.25, -0.2) is 0 Å². The summed E-state index contributed by atoms with van der Waals surface area (Å²) in [7, 11) is 0. The summed E-state index contributed by atoms with van der Waals surface area (Å²) < 4.78 is 11.6. The summed E-state index contributed by atoms with van der Waals surface area (Å²) in [6, 6.07) is 8.51. The van der Waals surface area contributed by atoms with Gasteiger partial charge in [-0.15, -0.1) is 0 Å². The van der Waals surface area contributed by atoms with Gasteiger partial charge in [0.05, 0.1) is 25.9 Å². The van der Waals surface area contributed by atoms with Crippen molar-refractivity contribution in [1.82, 2.24) is 9.80 Å². The van der Waals surface area contributed by atoms with Gasteiger partial charge in [-0.05, 0) is 57.7 Å². The number of likely N-dealkylation sites (tertiary alicyclic amines) is 1. The van der Waals surface area contributed by atoms with E-state index in [1.54, 1.807) is 0 Å². The van der Waals surface area contributed by atoms with Crippen molar-refractivity contribution in [2.75, 3.05) is 52.5 Å². The minimum absolute atomic E-state index is 0.108. The summed E-state index contributed by atoms with van der Waals surface area (Å²) in [5.41, 5.74) is 1.43. The summed E-state index contributed by atoms with van der Waals surface area (Å²) in [6.07, 6.45) is 7.89. The highest BCUT2D eigenvalue weighted by atomic mass is 16.5. The van der Waals surface area contributed by atoms with Crippen LogP contribution in [-0.4, -0.2) is 73.6 Å². The maximum Gasteiger partial charge on any atom is 0.123 e. The predicted molar refractivity (Wildman–Crippen MR) is 115 cm³/mol. The summed E-state index contributed by atoms with van der Waals surface area (Å²) in [6.45, 7) is 8.89. The molecule has 2 saturated heterocycles. The zero-order chi connectivity index (χ0) is 19.9. The van der Waals surface area contributed by atoms with Gasteiger partial charge in [-0.3, -0.25) is 9.80 Å². The second-order valence-corrected chi connectivity index (χ2v) is 9.20. The topological polar surface area (TPSA) is 45.2 Å². The third-order valence-electron chi connectivity index (χ3n) is 7.14. The smallest absolute Gasteiger partial charge is 0.123 e. The molecule has 1 aromatic carbocycles.